The van der Waals surface area contributed by atoms with E-state index in [2.05, 4.69) is 4.90 Å². The molecular formula is C13H19N3O2. The molecule has 18 heavy (non-hydrogen) atoms. The molecule has 0 heterocycles. The van der Waals surface area contributed by atoms with Crippen molar-refractivity contribution in [2.45, 2.75) is 25.8 Å². The molecule has 1 aromatic carbocycles. The maximum Gasteiger partial charge on any atom is 0.292 e. The molecule has 0 bridgehead atoms. The maximum absolute atomic E-state index is 10.8. The smallest absolute Gasteiger partial charge is 0.292 e. The molecule has 5 heteroatoms. The fourth-order valence-corrected chi connectivity index (χ4v) is 2.37. The summed E-state index contributed by atoms with van der Waals surface area (Å²) in [4.78, 5) is 12.6. The van der Waals surface area contributed by atoms with Gasteiger partial charge in [0.1, 0.15) is 5.69 Å². The SMILES string of the molecule is CN(Cc1cccc([N+](=O)[O-])c1N)CC1CCC1. The minimum atomic E-state index is -0.426. The molecule has 2 N–H and O–H groups in total. The first-order valence-electron chi connectivity index (χ1n) is 6.28. The van der Waals surface area contributed by atoms with Crippen molar-refractivity contribution < 1.29 is 4.92 Å². The maximum atomic E-state index is 10.8. The van der Waals surface area contributed by atoms with Gasteiger partial charge in [0.15, 0.2) is 0 Å². The van der Waals surface area contributed by atoms with Gasteiger partial charge < -0.3 is 10.6 Å². The Labute approximate surface area is 107 Å². The first-order valence-corrected chi connectivity index (χ1v) is 6.28. The number of para-hydroxylation sites is 1. The molecule has 98 valence electrons. The van der Waals surface area contributed by atoms with E-state index in [-0.39, 0.29) is 5.69 Å². The highest BCUT2D eigenvalue weighted by molar-refractivity contribution is 5.62. The lowest BCUT2D eigenvalue weighted by atomic mass is 9.85. The molecule has 1 aromatic rings. The van der Waals surface area contributed by atoms with Crippen LogP contribution < -0.4 is 5.73 Å². The van der Waals surface area contributed by atoms with E-state index >= 15 is 0 Å². The van der Waals surface area contributed by atoms with E-state index in [9.17, 15) is 10.1 Å². The zero-order chi connectivity index (χ0) is 13.1. The van der Waals surface area contributed by atoms with E-state index in [4.69, 9.17) is 5.73 Å². The van der Waals surface area contributed by atoms with Gasteiger partial charge in [0.2, 0.25) is 0 Å². The normalized spacial score (nSPS) is 15.7. The molecule has 0 radical (unpaired) electrons. The summed E-state index contributed by atoms with van der Waals surface area (Å²) in [6.45, 7) is 1.71. The van der Waals surface area contributed by atoms with E-state index in [0.717, 1.165) is 18.0 Å². The molecule has 0 atom stereocenters. The van der Waals surface area contributed by atoms with Crippen LogP contribution in [-0.4, -0.2) is 23.4 Å². The van der Waals surface area contributed by atoms with Crippen molar-refractivity contribution >= 4 is 11.4 Å². The monoisotopic (exact) mass is 249 g/mol. The van der Waals surface area contributed by atoms with Crippen LogP contribution in [0.4, 0.5) is 11.4 Å². The number of rotatable bonds is 5. The van der Waals surface area contributed by atoms with Crippen molar-refractivity contribution in [1.29, 1.82) is 0 Å². The minimum absolute atomic E-state index is 0.00421. The largest absolute Gasteiger partial charge is 0.393 e. The predicted octanol–water partition coefficient (Wildman–Crippen LogP) is 2.41. The van der Waals surface area contributed by atoms with Crippen molar-refractivity contribution in [3.63, 3.8) is 0 Å². The summed E-state index contributed by atoms with van der Waals surface area (Å²) in [5.41, 5.74) is 6.98. The molecule has 1 saturated carbocycles. The van der Waals surface area contributed by atoms with Crippen LogP contribution in [0.1, 0.15) is 24.8 Å². The molecule has 1 aliphatic rings. The zero-order valence-electron chi connectivity index (χ0n) is 10.6. The van der Waals surface area contributed by atoms with Crippen LogP contribution in [0.5, 0.6) is 0 Å². The molecule has 0 unspecified atom stereocenters. The Morgan fingerprint density at radius 3 is 2.78 bits per heavy atom. The molecule has 0 spiro atoms. The molecule has 0 aliphatic heterocycles. The molecule has 0 amide bonds. The summed E-state index contributed by atoms with van der Waals surface area (Å²) in [5, 5.41) is 10.8. The van der Waals surface area contributed by atoms with Crippen LogP contribution >= 0.6 is 0 Å². The van der Waals surface area contributed by atoms with Gasteiger partial charge >= 0.3 is 0 Å². The Kier molecular flexibility index (Phi) is 3.81. The van der Waals surface area contributed by atoms with Gasteiger partial charge in [-0.3, -0.25) is 10.1 Å². The molecule has 0 aromatic heterocycles. The highest BCUT2D eigenvalue weighted by Crippen LogP contribution is 2.29. The fraction of sp³-hybridized carbons (Fsp3) is 0.538. The third kappa shape index (κ3) is 2.79. The van der Waals surface area contributed by atoms with Crippen LogP contribution in [0.2, 0.25) is 0 Å². The Hall–Kier alpha value is -1.62. The average Bonchev–Trinajstić information content (AvgIpc) is 2.26. The average molecular weight is 249 g/mol. The molecule has 2 rings (SSSR count). The quantitative estimate of drug-likeness (QED) is 0.494. The number of anilines is 1. The van der Waals surface area contributed by atoms with Gasteiger partial charge in [-0.25, -0.2) is 0 Å². The number of benzene rings is 1. The molecule has 0 saturated heterocycles. The zero-order valence-corrected chi connectivity index (χ0v) is 10.6. The second-order valence-electron chi connectivity index (χ2n) is 5.10. The van der Waals surface area contributed by atoms with E-state index in [0.29, 0.717) is 12.2 Å². The molecular weight excluding hydrogens is 230 g/mol. The van der Waals surface area contributed by atoms with Gasteiger partial charge in [-0.2, -0.15) is 0 Å². The molecule has 5 nitrogen and oxygen atoms in total. The second kappa shape index (κ2) is 5.35. The standard InChI is InChI=1S/C13H19N3O2/c1-15(8-10-4-2-5-10)9-11-6-3-7-12(13(11)14)16(17)18/h3,6-7,10H,2,4-5,8-9,14H2,1H3. The Morgan fingerprint density at radius 2 is 2.22 bits per heavy atom. The summed E-state index contributed by atoms with van der Waals surface area (Å²) in [5.74, 6) is 0.787. The second-order valence-corrected chi connectivity index (χ2v) is 5.10. The van der Waals surface area contributed by atoms with Gasteiger partial charge in [-0.05, 0) is 31.4 Å². The molecule has 1 fully saturated rings. The lowest BCUT2D eigenvalue weighted by molar-refractivity contribution is -0.384. The summed E-state index contributed by atoms with van der Waals surface area (Å²) < 4.78 is 0. The lowest BCUT2D eigenvalue weighted by Gasteiger charge is -2.30. The van der Waals surface area contributed by atoms with Gasteiger partial charge in [0.05, 0.1) is 4.92 Å². The van der Waals surface area contributed by atoms with Gasteiger partial charge in [0, 0.05) is 19.2 Å². The third-order valence-corrected chi connectivity index (χ3v) is 3.60. The number of nitro benzene ring substituents is 1. The Bertz CT molecular complexity index is 444. The van der Waals surface area contributed by atoms with Crippen LogP contribution in [0.25, 0.3) is 0 Å². The van der Waals surface area contributed by atoms with Crippen molar-refractivity contribution in [1.82, 2.24) is 4.90 Å². The van der Waals surface area contributed by atoms with Crippen molar-refractivity contribution in [3.8, 4) is 0 Å². The van der Waals surface area contributed by atoms with Crippen molar-refractivity contribution in [2.24, 2.45) is 5.92 Å². The lowest BCUT2D eigenvalue weighted by Crippen LogP contribution is -2.29. The number of nitro groups is 1. The molecule has 1 aliphatic carbocycles. The predicted molar refractivity (Wildman–Crippen MR) is 71.2 cm³/mol. The van der Waals surface area contributed by atoms with Crippen LogP contribution in [0.3, 0.4) is 0 Å². The number of nitrogen functional groups attached to an aromatic ring is 1. The van der Waals surface area contributed by atoms with E-state index < -0.39 is 4.92 Å². The minimum Gasteiger partial charge on any atom is -0.393 e. The number of hydrogen-bond donors (Lipinski definition) is 1. The highest BCUT2D eigenvalue weighted by atomic mass is 16.6. The summed E-state index contributed by atoms with van der Waals surface area (Å²) >= 11 is 0. The van der Waals surface area contributed by atoms with E-state index in [1.807, 2.05) is 13.1 Å². The number of nitrogens with zero attached hydrogens (tertiary/aromatic N) is 2. The third-order valence-electron chi connectivity index (χ3n) is 3.60. The van der Waals surface area contributed by atoms with Gasteiger partial charge in [-0.1, -0.05) is 18.6 Å². The van der Waals surface area contributed by atoms with Crippen molar-refractivity contribution in [3.05, 3.63) is 33.9 Å². The summed E-state index contributed by atoms with van der Waals surface area (Å²) in [6.07, 6.45) is 3.93. The first kappa shape index (κ1) is 12.8. The Balaban J connectivity index is 2.03. The number of nitrogens with two attached hydrogens (primary N) is 1. The topological polar surface area (TPSA) is 72.4 Å². The van der Waals surface area contributed by atoms with Gasteiger partial charge in [-0.15, -0.1) is 0 Å². The summed E-state index contributed by atoms with van der Waals surface area (Å²) in [6, 6.07) is 5.01. The number of hydrogen-bond acceptors (Lipinski definition) is 4. The van der Waals surface area contributed by atoms with E-state index in [1.165, 1.54) is 25.3 Å². The van der Waals surface area contributed by atoms with E-state index in [1.54, 1.807) is 6.07 Å². The van der Waals surface area contributed by atoms with Crippen LogP contribution in [0, 0.1) is 16.0 Å². The first-order chi connectivity index (χ1) is 8.58. The van der Waals surface area contributed by atoms with Gasteiger partial charge in [0.25, 0.3) is 5.69 Å². The Morgan fingerprint density at radius 1 is 1.50 bits per heavy atom. The van der Waals surface area contributed by atoms with Crippen molar-refractivity contribution in [2.75, 3.05) is 19.3 Å². The van der Waals surface area contributed by atoms with Crippen LogP contribution in [0.15, 0.2) is 18.2 Å². The highest BCUT2D eigenvalue weighted by Gasteiger charge is 2.20. The fourth-order valence-electron chi connectivity index (χ4n) is 2.37. The van der Waals surface area contributed by atoms with Crippen LogP contribution in [-0.2, 0) is 6.54 Å². The summed E-state index contributed by atoms with van der Waals surface area (Å²) in [7, 11) is 2.04.